The van der Waals surface area contributed by atoms with Gasteiger partial charge in [-0.25, -0.2) is 0 Å². The van der Waals surface area contributed by atoms with E-state index in [0.717, 1.165) is 22.5 Å². The first kappa shape index (κ1) is 16.9. The Morgan fingerprint density at radius 2 is 1.78 bits per heavy atom. The lowest BCUT2D eigenvalue weighted by atomic mass is 9.95. The number of para-hydroxylation sites is 1. The number of hydrogen-bond acceptors (Lipinski definition) is 2. The molecule has 23 heavy (non-hydrogen) atoms. The van der Waals surface area contributed by atoms with E-state index in [9.17, 15) is 0 Å². The van der Waals surface area contributed by atoms with Gasteiger partial charge in [-0.1, -0.05) is 42.5 Å². The number of nitrogens with two attached hydrogens (primary N) is 1. The van der Waals surface area contributed by atoms with E-state index in [-0.39, 0.29) is 0 Å². The molecule has 3 N–H and O–H groups in total. The molecule has 2 nitrogen and oxygen atoms in total. The molecule has 0 fully saturated rings. The molecule has 0 atom stereocenters. The van der Waals surface area contributed by atoms with Gasteiger partial charge in [0.05, 0.1) is 0 Å². The van der Waals surface area contributed by atoms with Crippen LogP contribution >= 0.6 is 0 Å². The topological polar surface area (TPSA) is 38.0 Å². The Morgan fingerprint density at radius 3 is 2.43 bits per heavy atom. The molecule has 0 aliphatic rings. The molecule has 0 spiro atoms. The zero-order chi connectivity index (χ0) is 17.0. The highest BCUT2D eigenvalue weighted by molar-refractivity contribution is 5.73. The van der Waals surface area contributed by atoms with Gasteiger partial charge in [-0.15, -0.1) is 0 Å². The average Bonchev–Trinajstić information content (AvgIpc) is 2.53. The minimum atomic E-state index is 0.677. The van der Waals surface area contributed by atoms with Gasteiger partial charge in [0, 0.05) is 17.9 Å². The third-order valence-corrected chi connectivity index (χ3v) is 4.29. The van der Waals surface area contributed by atoms with Crippen molar-refractivity contribution in [2.75, 3.05) is 5.73 Å². The lowest BCUT2D eigenvalue weighted by Gasteiger charge is -2.15. The predicted octanol–water partition coefficient (Wildman–Crippen LogP) is 5.15. The molecule has 0 amide bonds. The fraction of sp³-hybridized carbons (Fsp3) is 0.238. The highest BCUT2D eigenvalue weighted by Crippen LogP contribution is 2.25. The van der Waals surface area contributed by atoms with Crippen LogP contribution in [0.5, 0.6) is 0 Å². The quantitative estimate of drug-likeness (QED) is 0.750. The highest BCUT2D eigenvalue weighted by Gasteiger charge is 2.07. The molecule has 0 aliphatic heterocycles. The van der Waals surface area contributed by atoms with E-state index in [1.54, 1.807) is 0 Å². The number of hydrogen-bond donors (Lipinski definition) is 2. The van der Waals surface area contributed by atoms with Crippen molar-refractivity contribution in [3.63, 3.8) is 0 Å². The van der Waals surface area contributed by atoms with Crippen molar-refractivity contribution in [3.05, 3.63) is 76.9 Å². The van der Waals surface area contributed by atoms with Gasteiger partial charge in [0.2, 0.25) is 0 Å². The van der Waals surface area contributed by atoms with E-state index in [0.29, 0.717) is 6.54 Å². The van der Waals surface area contributed by atoms with Gasteiger partial charge in [0.25, 0.3) is 0 Å². The molecule has 0 radical (unpaired) electrons. The van der Waals surface area contributed by atoms with Crippen molar-refractivity contribution in [2.45, 2.75) is 34.2 Å². The van der Waals surface area contributed by atoms with Gasteiger partial charge in [-0.3, -0.25) is 0 Å². The summed E-state index contributed by atoms with van der Waals surface area (Å²) in [6.07, 6.45) is 0. The summed E-state index contributed by atoms with van der Waals surface area (Å²) in [4.78, 5) is 0. The van der Waals surface area contributed by atoms with Gasteiger partial charge >= 0.3 is 0 Å². The van der Waals surface area contributed by atoms with Gasteiger partial charge in [-0.2, -0.15) is 0 Å². The zero-order valence-corrected chi connectivity index (χ0v) is 14.5. The van der Waals surface area contributed by atoms with Gasteiger partial charge < -0.3 is 11.1 Å². The highest BCUT2D eigenvalue weighted by atomic mass is 14.9. The molecule has 0 heterocycles. The van der Waals surface area contributed by atoms with Crippen molar-refractivity contribution in [1.29, 1.82) is 0 Å². The van der Waals surface area contributed by atoms with Crippen molar-refractivity contribution >= 4 is 17.0 Å². The van der Waals surface area contributed by atoms with E-state index in [2.05, 4.69) is 57.8 Å². The van der Waals surface area contributed by atoms with Crippen LogP contribution < -0.4 is 11.1 Å². The summed E-state index contributed by atoms with van der Waals surface area (Å²) in [7, 11) is 0. The maximum absolute atomic E-state index is 5.99. The van der Waals surface area contributed by atoms with Gasteiger partial charge in [-0.05, 0) is 67.7 Å². The van der Waals surface area contributed by atoms with Crippen LogP contribution in [0.25, 0.3) is 11.3 Å². The van der Waals surface area contributed by atoms with Crippen LogP contribution in [0.4, 0.5) is 5.69 Å². The lowest BCUT2D eigenvalue weighted by Crippen LogP contribution is -2.12. The summed E-state index contributed by atoms with van der Waals surface area (Å²) in [5.41, 5.74) is 15.1. The standard InChI is InChI=1S/C21H26N2/c1-14(2)16(4)20-12-18(11-10-15(20)3)17(5)23-13-19-8-6-7-9-21(19)22/h6-12,23H,5,13,22H2,1-4H3. The first-order chi connectivity index (χ1) is 10.9. The molecule has 2 aromatic carbocycles. The maximum Gasteiger partial charge on any atom is 0.0421 e. The molecule has 0 bridgehead atoms. The summed E-state index contributed by atoms with van der Waals surface area (Å²) in [5, 5.41) is 3.38. The van der Waals surface area contributed by atoms with Crippen molar-refractivity contribution in [2.24, 2.45) is 0 Å². The molecule has 0 aromatic heterocycles. The Kier molecular flexibility index (Phi) is 5.28. The monoisotopic (exact) mass is 306 g/mol. The maximum atomic E-state index is 5.99. The summed E-state index contributed by atoms with van der Waals surface area (Å²) in [5.74, 6) is 0. The van der Waals surface area contributed by atoms with Crippen molar-refractivity contribution < 1.29 is 0 Å². The van der Waals surface area contributed by atoms with E-state index in [4.69, 9.17) is 5.73 Å². The summed E-state index contributed by atoms with van der Waals surface area (Å²) >= 11 is 0. The van der Waals surface area contributed by atoms with E-state index in [1.165, 1.54) is 22.3 Å². The van der Waals surface area contributed by atoms with Crippen LogP contribution in [0, 0.1) is 6.92 Å². The minimum absolute atomic E-state index is 0.677. The molecule has 2 rings (SSSR count). The molecule has 0 aliphatic carbocycles. The second-order valence-electron chi connectivity index (χ2n) is 6.19. The molecular formula is C21H26N2. The fourth-order valence-corrected chi connectivity index (χ4v) is 2.48. The molecule has 2 aromatic rings. The third kappa shape index (κ3) is 4.04. The van der Waals surface area contributed by atoms with E-state index >= 15 is 0 Å². The SMILES string of the molecule is C=C(NCc1ccccc1N)c1ccc(C)c(C(C)=C(C)C)c1. The second-order valence-corrected chi connectivity index (χ2v) is 6.19. The van der Waals surface area contributed by atoms with Crippen LogP contribution in [0.1, 0.15) is 43.0 Å². The largest absolute Gasteiger partial charge is 0.398 e. The number of aryl methyl sites for hydroxylation is 1. The predicted molar refractivity (Wildman–Crippen MR) is 102 cm³/mol. The Morgan fingerprint density at radius 1 is 1.09 bits per heavy atom. The van der Waals surface area contributed by atoms with Gasteiger partial charge in [0.15, 0.2) is 0 Å². The average molecular weight is 306 g/mol. The fourth-order valence-electron chi connectivity index (χ4n) is 2.48. The lowest BCUT2D eigenvalue weighted by molar-refractivity contribution is 0.894. The second kappa shape index (κ2) is 7.19. The van der Waals surface area contributed by atoms with Crippen LogP contribution in [-0.2, 0) is 6.54 Å². The first-order valence-electron chi connectivity index (χ1n) is 7.91. The Balaban J connectivity index is 2.19. The van der Waals surface area contributed by atoms with Crippen molar-refractivity contribution in [1.82, 2.24) is 5.32 Å². The summed E-state index contributed by atoms with van der Waals surface area (Å²) < 4.78 is 0. The number of nitrogen functional groups attached to an aromatic ring is 1. The number of rotatable bonds is 5. The van der Waals surface area contributed by atoms with Crippen LogP contribution in [0.3, 0.4) is 0 Å². The smallest absolute Gasteiger partial charge is 0.0421 e. The number of nitrogens with one attached hydrogen (secondary N) is 1. The molecule has 2 heteroatoms. The van der Waals surface area contributed by atoms with Crippen LogP contribution in [0.15, 0.2) is 54.6 Å². The number of benzene rings is 2. The van der Waals surface area contributed by atoms with E-state index < -0.39 is 0 Å². The van der Waals surface area contributed by atoms with Gasteiger partial charge in [0.1, 0.15) is 0 Å². The number of allylic oxidation sites excluding steroid dienone is 2. The van der Waals surface area contributed by atoms with E-state index in [1.807, 2.05) is 24.3 Å². The van der Waals surface area contributed by atoms with Crippen LogP contribution in [0.2, 0.25) is 0 Å². The minimum Gasteiger partial charge on any atom is -0.398 e. The zero-order valence-electron chi connectivity index (χ0n) is 14.5. The molecule has 0 saturated heterocycles. The molecule has 0 unspecified atom stereocenters. The molecular weight excluding hydrogens is 280 g/mol. The summed E-state index contributed by atoms with van der Waals surface area (Å²) in [6, 6.07) is 14.4. The number of anilines is 1. The normalized spacial score (nSPS) is 10.3. The van der Waals surface area contributed by atoms with Crippen molar-refractivity contribution in [3.8, 4) is 0 Å². The Hall–Kier alpha value is -2.48. The molecule has 0 saturated carbocycles. The van der Waals surface area contributed by atoms with Crippen LogP contribution in [-0.4, -0.2) is 0 Å². The Bertz CT molecular complexity index is 750. The first-order valence-corrected chi connectivity index (χ1v) is 7.91. The molecule has 120 valence electrons. The summed E-state index contributed by atoms with van der Waals surface area (Å²) in [6.45, 7) is 13.5. The third-order valence-electron chi connectivity index (χ3n) is 4.29. The Labute approximate surface area is 139 Å².